The lowest BCUT2D eigenvalue weighted by Crippen LogP contribution is -2.11. The number of para-hydroxylation sites is 1. The molecule has 10 heteroatoms. The maximum Gasteiger partial charge on any atom is 0.293 e. The monoisotopic (exact) mass is 307 g/mol. The van der Waals surface area contributed by atoms with E-state index in [1.807, 2.05) is 0 Å². The number of nitro groups is 1. The second-order valence-electron chi connectivity index (χ2n) is 4.00. The molecule has 1 aromatic heterocycles. The number of nitrogens with two attached hydrogens (primary N) is 3. The van der Waals surface area contributed by atoms with Crippen LogP contribution in [0.25, 0.3) is 0 Å². The highest BCUT2D eigenvalue weighted by molar-refractivity contribution is 7.98. The van der Waals surface area contributed by atoms with Crippen LogP contribution in [-0.2, 0) is 5.75 Å². The first-order valence-electron chi connectivity index (χ1n) is 5.77. The minimum atomic E-state index is -0.502. The third-order valence-electron chi connectivity index (χ3n) is 2.57. The van der Waals surface area contributed by atoms with Crippen LogP contribution in [0.4, 0.5) is 23.0 Å². The molecule has 2 aromatic rings. The van der Waals surface area contributed by atoms with Crippen molar-refractivity contribution in [1.29, 1.82) is 0 Å². The van der Waals surface area contributed by atoms with Crippen molar-refractivity contribution >= 4 is 34.8 Å². The van der Waals surface area contributed by atoms with Crippen LogP contribution in [0.3, 0.4) is 0 Å². The van der Waals surface area contributed by atoms with E-state index < -0.39 is 4.92 Å². The van der Waals surface area contributed by atoms with Crippen molar-refractivity contribution in [3.8, 4) is 0 Å². The molecule has 0 amide bonds. The van der Waals surface area contributed by atoms with E-state index in [1.54, 1.807) is 12.1 Å². The van der Waals surface area contributed by atoms with Crippen molar-refractivity contribution in [2.75, 3.05) is 16.9 Å². The van der Waals surface area contributed by atoms with Gasteiger partial charge in [0.2, 0.25) is 0 Å². The summed E-state index contributed by atoms with van der Waals surface area (Å²) in [6.07, 6.45) is 0. The number of hydrogen-bond acceptors (Lipinski definition) is 9. The molecule has 0 aliphatic carbocycles. The molecule has 0 saturated carbocycles. The van der Waals surface area contributed by atoms with Crippen LogP contribution >= 0.6 is 11.8 Å². The molecule has 0 bridgehead atoms. The number of nitrogen functional groups attached to an aromatic ring is 3. The summed E-state index contributed by atoms with van der Waals surface area (Å²) in [6, 6.07) is 6.14. The first-order chi connectivity index (χ1) is 10.0. The Kier molecular flexibility index (Phi) is 4.40. The van der Waals surface area contributed by atoms with Crippen LogP contribution in [0.2, 0.25) is 0 Å². The fourth-order valence-electron chi connectivity index (χ4n) is 1.69. The second kappa shape index (κ2) is 6.24. The third-order valence-corrected chi connectivity index (χ3v) is 3.47. The molecule has 110 valence electrons. The summed E-state index contributed by atoms with van der Waals surface area (Å²) in [4.78, 5) is 18.5. The third kappa shape index (κ3) is 3.49. The van der Waals surface area contributed by atoms with E-state index in [1.165, 1.54) is 23.9 Å². The van der Waals surface area contributed by atoms with Crippen molar-refractivity contribution in [3.63, 3.8) is 0 Å². The lowest BCUT2D eigenvalue weighted by molar-refractivity contribution is -0.384. The molecule has 1 aromatic carbocycles. The number of hydrazine groups is 1. The average Bonchev–Trinajstić information content (AvgIpc) is 2.43. The highest BCUT2D eigenvalue weighted by Gasteiger charge is 2.16. The van der Waals surface area contributed by atoms with E-state index in [-0.39, 0.29) is 23.0 Å². The van der Waals surface area contributed by atoms with Gasteiger partial charge in [-0.3, -0.25) is 16.0 Å². The molecule has 0 saturated heterocycles. The predicted molar refractivity (Wildman–Crippen MR) is 81.3 cm³/mol. The highest BCUT2D eigenvalue weighted by Crippen LogP contribution is 2.31. The van der Waals surface area contributed by atoms with Crippen molar-refractivity contribution in [2.45, 2.75) is 10.9 Å². The number of benzene rings is 1. The lowest BCUT2D eigenvalue weighted by Gasteiger charge is -2.08. The van der Waals surface area contributed by atoms with Crippen molar-refractivity contribution in [3.05, 3.63) is 39.9 Å². The van der Waals surface area contributed by atoms with Gasteiger partial charge in [0.15, 0.2) is 5.16 Å². The quantitative estimate of drug-likeness (QED) is 0.209. The van der Waals surface area contributed by atoms with Crippen molar-refractivity contribution in [2.24, 2.45) is 5.84 Å². The molecular weight excluding hydrogens is 294 g/mol. The van der Waals surface area contributed by atoms with Gasteiger partial charge in [-0.05, 0) is 5.56 Å². The molecule has 1 heterocycles. The van der Waals surface area contributed by atoms with E-state index in [0.29, 0.717) is 16.5 Å². The zero-order valence-electron chi connectivity index (χ0n) is 10.8. The SMILES string of the molecule is NNc1c(CSc2nc(N)cc(N)n2)cccc1[N+](=O)[O-]. The summed E-state index contributed by atoms with van der Waals surface area (Å²) in [7, 11) is 0. The Balaban J connectivity index is 2.23. The number of rotatable bonds is 5. The Morgan fingerprint density at radius 1 is 1.29 bits per heavy atom. The fraction of sp³-hybridized carbons (Fsp3) is 0.0909. The molecule has 0 aliphatic rings. The summed E-state index contributed by atoms with van der Waals surface area (Å²) in [5.74, 6) is 6.28. The minimum absolute atomic E-state index is 0.0939. The summed E-state index contributed by atoms with van der Waals surface area (Å²) < 4.78 is 0. The van der Waals surface area contributed by atoms with E-state index in [9.17, 15) is 10.1 Å². The zero-order valence-corrected chi connectivity index (χ0v) is 11.6. The summed E-state index contributed by atoms with van der Waals surface area (Å²) in [5.41, 5.74) is 14.3. The number of nitro benzene ring substituents is 1. The Morgan fingerprint density at radius 3 is 2.52 bits per heavy atom. The molecule has 0 radical (unpaired) electrons. The van der Waals surface area contributed by atoms with Gasteiger partial charge in [0, 0.05) is 17.9 Å². The van der Waals surface area contributed by atoms with Gasteiger partial charge >= 0.3 is 0 Å². The Morgan fingerprint density at radius 2 is 1.95 bits per heavy atom. The van der Waals surface area contributed by atoms with Gasteiger partial charge in [-0.25, -0.2) is 9.97 Å². The number of thioether (sulfide) groups is 1. The number of nitrogens with zero attached hydrogens (tertiary/aromatic N) is 3. The van der Waals surface area contributed by atoms with Crippen LogP contribution in [0, 0.1) is 10.1 Å². The second-order valence-corrected chi connectivity index (χ2v) is 4.94. The summed E-state index contributed by atoms with van der Waals surface area (Å²) in [5, 5.41) is 11.3. The maximum atomic E-state index is 10.9. The summed E-state index contributed by atoms with van der Waals surface area (Å²) in [6.45, 7) is 0. The van der Waals surface area contributed by atoms with Gasteiger partial charge in [-0.2, -0.15) is 0 Å². The smallest absolute Gasteiger partial charge is 0.293 e. The van der Waals surface area contributed by atoms with Gasteiger partial charge in [0.25, 0.3) is 5.69 Å². The van der Waals surface area contributed by atoms with Gasteiger partial charge < -0.3 is 16.9 Å². The zero-order chi connectivity index (χ0) is 15.4. The number of anilines is 3. The van der Waals surface area contributed by atoms with Gasteiger partial charge in [-0.1, -0.05) is 23.9 Å². The summed E-state index contributed by atoms with van der Waals surface area (Å²) >= 11 is 1.25. The van der Waals surface area contributed by atoms with Crippen LogP contribution in [0.5, 0.6) is 0 Å². The average molecular weight is 307 g/mol. The van der Waals surface area contributed by atoms with Crippen LogP contribution in [0.15, 0.2) is 29.4 Å². The van der Waals surface area contributed by atoms with Crippen molar-refractivity contribution < 1.29 is 4.92 Å². The van der Waals surface area contributed by atoms with Gasteiger partial charge in [0.05, 0.1) is 4.92 Å². The Labute approximate surface area is 124 Å². The highest BCUT2D eigenvalue weighted by atomic mass is 32.2. The number of nitrogens with one attached hydrogen (secondary N) is 1. The van der Waals surface area contributed by atoms with Gasteiger partial charge in [0.1, 0.15) is 17.3 Å². The minimum Gasteiger partial charge on any atom is -0.383 e. The molecule has 9 nitrogen and oxygen atoms in total. The Bertz CT molecular complexity index is 659. The molecule has 7 N–H and O–H groups in total. The number of aromatic nitrogens is 2. The van der Waals surface area contributed by atoms with E-state index in [4.69, 9.17) is 17.3 Å². The maximum absolute atomic E-state index is 10.9. The van der Waals surface area contributed by atoms with E-state index in [2.05, 4.69) is 15.4 Å². The molecule has 0 atom stereocenters. The van der Waals surface area contributed by atoms with E-state index >= 15 is 0 Å². The normalized spacial score (nSPS) is 10.3. The number of hydrogen-bond donors (Lipinski definition) is 4. The van der Waals surface area contributed by atoms with Crippen LogP contribution < -0.4 is 22.7 Å². The van der Waals surface area contributed by atoms with Crippen LogP contribution in [0.1, 0.15) is 5.56 Å². The molecule has 0 fully saturated rings. The Hall–Kier alpha value is -2.59. The topological polar surface area (TPSA) is 159 Å². The standard InChI is InChI=1S/C11H13N7O2S/c12-8-4-9(13)16-11(15-8)21-5-6-2-1-3-7(18(19)20)10(6)17-14/h1-4,17H,5,14H2,(H4,12,13,15,16). The molecule has 2 rings (SSSR count). The molecule has 0 spiro atoms. The largest absolute Gasteiger partial charge is 0.383 e. The lowest BCUT2D eigenvalue weighted by atomic mass is 10.2. The van der Waals surface area contributed by atoms with Crippen molar-refractivity contribution in [1.82, 2.24) is 9.97 Å². The predicted octanol–water partition coefficient (Wildman–Crippen LogP) is 1.13. The molecule has 21 heavy (non-hydrogen) atoms. The fourth-order valence-corrected chi connectivity index (χ4v) is 2.56. The first-order valence-corrected chi connectivity index (χ1v) is 6.75. The van der Waals surface area contributed by atoms with Crippen LogP contribution in [-0.4, -0.2) is 14.9 Å². The first kappa shape index (κ1) is 14.8. The molecule has 0 aliphatic heterocycles. The van der Waals surface area contributed by atoms with E-state index in [0.717, 1.165) is 0 Å². The molecule has 0 unspecified atom stereocenters. The van der Waals surface area contributed by atoms with Gasteiger partial charge in [-0.15, -0.1) is 0 Å². The molecular formula is C11H13N7O2S.